The van der Waals surface area contributed by atoms with Gasteiger partial charge in [0.05, 0.1) is 6.26 Å². The Kier molecular flexibility index (Phi) is 7.91. The first-order valence-corrected chi connectivity index (χ1v) is 9.93. The van der Waals surface area contributed by atoms with Gasteiger partial charge in [-0.1, -0.05) is 0 Å². The van der Waals surface area contributed by atoms with E-state index in [0.29, 0.717) is 38.5 Å². The van der Waals surface area contributed by atoms with Crippen molar-refractivity contribution in [2.45, 2.75) is 31.7 Å². The Labute approximate surface area is 149 Å². The summed E-state index contributed by atoms with van der Waals surface area (Å²) in [6.45, 7) is 2.39. The Morgan fingerprint density at radius 3 is 2.71 bits per heavy atom. The third-order valence-electron chi connectivity index (χ3n) is 4.57. The lowest BCUT2D eigenvalue weighted by Gasteiger charge is -2.47. The molecule has 0 aromatic rings. The summed E-state index contributed by atoms with van der Waals surface area (Å²) in [6, 6.07) is 0.179. The summed E-state index contributed by atoms with van der Waals surface area (Å²) in [5.41, 5.74) is 5.59. The van der Waals surface area contributed by atoms with Crippen LogP contribution in [0.3, 0.4) is 0 Å². The average Bonchev–Trinajstić information content (AvgIpc) is 2.48. The second kappa shape index (κ2) is 8.98. The number of hydrogen-bond acceptors (Lipinski definition) is 5. The molecular formula is C14H27ClN4O4S. The molecule has 0 bridgehead atoms. The van der Waals surface area contributed by atoms with E-state index in [-0.39, 0.29) is 43.2 Å². The molecule has 2 atom stereocenters. The van der Waals surface area contributed by atoms with Crippen molar-refractivity contribution in [3.63, 3.8) is 0 Å². The number of sulfonamides is 1. The summed E-state index contributed by atoms with van der Waals surface area (Å²) < 4.78 is 24.4. The van der Waals surface area contributed by atoms with E-state index in [0.717, 1.165) is 19.1 Å². The van der Waals surface area contributed by atoms with Gasteiger partial charge in [0.2, 0.25) is 21.8 Å². The molecule has 0 spiro atoms. The number of amides is 2. The molecule has 3 N–H and O–H groups in total. The zero-order valence-corrected chi connectivity index (χ0v) is 15.6. The first-order valence-electron chi connectivity index (χ1n) is 8.04. The lowest BCUT2D eigenvalue weighted by Crippen LogP contribution is -2.57. The number of likely N-dealkylation sites (tertiary alicyclic amines) is 2. The van der Waals surface area contributed by atoms with Gasteiger partial charge in [0.25, 0.3) is 0 Å². The summed E-state index contributed by atoms with van der Waals surface area (Å²) in [5.74, 6) is 0.413. The van der Waals surface area contributed by atoms with Crippen LogP contribution >= 0.6 is 12.4 Å². The molecule has 0 saturated carbocycles. The predicted octanol–water partition coefficient (Wildman–Crippen LogP) is -0.854. The zero-order chi connectivity index (χ0) is 17.0. The highest BCUT2D eigenvalue weighted by Crippen LogP contribution is 2.31. The summed E-state index contributed by atoms with van der Waals surface area (Å²) in [7, 11) is -3.27. The van der Waals surface area contributed by atoms with Crippen molar-refractivity contribution >= 4 is 34.2 Å². The van der Waals surface area contributed by atoms with Crippen LogP contribution in [0.15, 0.2) is 0 Å². The molecule has 0 aromatic heterocycles. The molecule has 10 heteroatoms. The molecule has 0 aliphatic carbocycles. The molecule has 2 rings (SSSR count). The fraction of sp³-hybridized carbons (Fsp3) is 0.857. The Hall–Kier alpha value is -0.900. The number of nitrogens with zero attached hydrogens (tertiary/aromatic N) is 2. The number of hydrogen-bond donors (Lipinski definition) is 2. The molecule has 24 heavy (non-hydrogen) atoms. The SMILES string of the molecule is CS(=O)(=O)NCCC(=O)N1CC[C@@H]2[C@@H](CCC(=O)N2CCN)C1.Cl. The van der Waals surface area contributed by atoms with Crippen molar-refractivity contribution in [3.05, 3.63) is 0 Å². The largest absolute Gasteiger partial charge is 0.342 e. The van der Waals surface area contributed by atoms with Gasteiger partial charge in [-0.2, -0.15) is 0 Å². The fourth-order valence-corrected chi connectivity index (χ4v) is 3.98. The standard InChI is InChI=1S/C14H26N4O4S.ClH/c1-23(21,22)16-7-4-13(19)17-8-5-12-11(10-17)2-3-14(20)18(12)9-6-15;/h11-12,16H,2-10,15H2,1H3;1H/t11-,12+;/m0./s1. The van der Waals surface area contributed by atoms with E-state index in [1.54, 1.807) is 4.90 Å². The molecule has 0 aromatic carbocycles. The number of piperidine rings is 2. The quantitative estimate of drug-likeness (QED) is 0.621. The molecule has 140 valence electrons. The molecular weight excluding hydrogens is 356 g/mol. The molecule has 0 radical (unpaired) electrons. The number of fused-ring (bicyclic) bond motifs is 1. The number of carbonyl (C=O) groups excluding carboxylic acids is 2. The molecule has 2 saturated heterocycles. The number of carbonyl (C=O) groups is 2. The maximum Gasteiger partial charge on any atom is 0.223 e. The highest BCUT2D eigenvalue weighted by molar-refractivity contribution is 7.88. The first-order chi connectivity index (χ1) is 10.8. The van der Waals surface area contributed by atoms with Gasteiger partial charge in [-0.15, -0.1) is 12.4 Å². The third kappa shape index (κ3) is 5.58. The van der Waals surface area contributed by atoms with Gasteiger partial charge >= 0.3 is 0 Å². The van der Waals surface area contributed by atoms with Gasteiger partial charge in [-0.25, -0.2) is 13.1 Å². The van der Waals surface area contributed by atoms with Crippen molar-refractivity contribution < 1.29 is 18.0 Å². The van der Waals surface area contributed by atoms with E-state index in [1.807, 2.05) is 4.90 Å². The zero-order valence-electron chi connectivity index (χ0n) is 13.9. The van der Waals surface area contributed by atoms with E-state index in [1.165, 1.54) is 0 Å². The molecule has 2 heterocycles. The number of nitrogens with two attached hydrogens (primary N) is 1. The summed E-state index contributed by atoms with van der Waals surface area (Å²) in [4.78, 5) is 27.9. The van der Waals surface area contributed by atoms with Crippen LogP contribution in [-0.2, 0) is 19.6 Å². The van der Waals surface area contributed by atoms with Gasteiger partial charge in [0, 0.05) is 51.6 Å². The second-order valence-corrected chi connectivity index (χ2v) is 8.12. The maximum absolute atomic E-state index is 12.2. The van der Waals surface area contributed by atoms with E-state index < -0.39 is 10.0 Å². The first kappa shape index (κ1) is 21.1. The van der Waals surface area contributed by atoms with Crippen LogP contribution in [0.1, 0.15) is 25.7 Å². The Morgan fingerprint density at radius 2 is 2.08 bits per heavy atom. The van der Waals surface area contributed by atoms with Crippen LogP contribution in [0.4, 0.5) is 0 Å². The van der Waals surface area contributed by atoms with Gasteiger partial charge in [0.15, 0.2) is 0 Å². The van der Waals surface area contributed by atoms with Gasteiger partial charge in [-0.3, -0.25) is 9.59 Å². The van der Waals surface area contributed by atoms with Gasteiger partial charge in [-0.05, 0) is 18.8 Å². The lowest BCUT2D eigenvalue weighted by atomic mass is 9.83. The topological polar surface area (TPSA) is 113 Å². The number of halogens is 1. The summed E-state index contributed by atoms with van der Waals surface area (Å²) in [5, 5.41) is 0. The van der Waals surface area contributed by atoms with Gasteiger partial charge < -0.3 is 15.5 Å². The molecule has 8 nitrogen and oxygen atoms in total. The van der Waals surface area contributed by atoms with Crippen LogP contribution in [0.5, 0.6) is 0 Å². The monoisotopic (exact) mass is 382 g/mol. The van der Waals surface area contributed by atoms with Crippen LogP contribution in [0.2, 0.25) is 0 Å². The highest BCUT2D eigenvalue weighted by atomic mass is 35.5. The summed E-state index contributed by atoms with van der Waals surface area (Å²) >= 11 is 0. The number of nitrogens with one attached hydrogen (secondary N) is 1. The Morgan fingerprint density at radius 1 is 1.38 bits per heavy atom. The molecule has 2 fully saturated rings. The summed E-state index contributed by atoms with van der Waals surface area (Å²) in [6.07, 6.45) is 3.32. The van der Waals surface area contributed by atoms with Crippen molar-refractivity contribution in [2.75, 3.05) is 39.0 Å². The molecule has 2 aliphatic rings. The molecule has 0 unspecified atom stereocenters. The van der Waals surface area contributed by atoms with E-state index in [4.69, 9.17) is 5.73 Å². The lowest BCUT2D eigenvalue weighted by molar-refractivity contribution is -0.144. The second-order valence-electron chi connectivity index (χ2n) is 6.29. The van der Waals surface area contributed by atoms with E-state index >= 15 is 0 Å². The average molecular weight is 383 g/mol. The van der Waals surface area contributed by atoms with Crippen molar-refractivity contribution in [2.24, 2.45) is 11.7 Å². The minimum absolute atomic E-state index is 0. The van der Waals surface area contributed by atoms with Crippen molar-refractivity contribution in [1.82, 2.24) is 14.5 Å². The molecule has 2 amide bonds. The minimum Gasteiger partial charge on any atom is -0.342 e. The van der Waals surface area contributed by atoms with Crippen LogP contribution in [0.25, 0.3) is 0 Å². The molecule has 2 aliphatic heterocycles. The maximum atomic E-state index is 12.2. The van der Waals surface area contributed by atoms with Crippen LogP contribution < -0.4 is 10.5 Å². The highest BCUT2D eigenvalue weighted by Gasteiger charge is 2.39. The van der Waals surface area contributed by atoms with E-state index in [9.17, 15) is 18.0 Å². The smallest absolute Gasteiger partial charge is 0.223 e. The Bertz CT molecular complexity index is 557. The Balaban J connectivity index is 0.00000288. The fourth-order valence-electron chi connectivity index (χ4n) is 3.51. The minimum atomic E-state index is -3.27. The third-order valence-corrected chi connectivity index (χ3v) is 5.30. The van der Waals surface area contributed by atoms with E-state index in [2.05, 4.69) is 4.72 Å². The van der Waals surface area contributed by atoms with Gasteiger partial charge in [0.1, 0.15) is 0 Å². The van der Waals surface area contributed by atoms with Crippen LogP contribution in [0, 0.1) is 5.92 Å². The van der Waals surface area contributed by atoms with Crippen molar-refractivity contribution in [1.29, 1.82) is 0 Å². The number of rotatable bonds is 6. The normalized spacial score (nSPS) is 24.3. The van der Waals surface area contributed by atoms with Crippen LogP contribution in [-0.4, -0.2) is 75.1 Å². The van der Waals surface area contributed by atoms with Crippen molar-refractivity contribution in [3.8, 4) is 0 Å². The predicted molar refractivity (Wildman–Crippen MR) is 93.2 cm³/mol.